The molecule has 5 aromatic rings. The van der Waals surface area contributed by atoms with Crippen LogP contribution in [0.2, 0.25) is 0 Å². The summed E-state index contributed by atoms with van der Waals surface area (Å²) in [5.74, 6) is 0.896. The maximum atomic E-state index is 5.67. The highest BCUT2D eigenvalue weighted by atomic mass is 16.5. The molecule has 1 saturated heterocycles. The molecule has 0 saturated carbocycles. The van der Waals surface area contributed by atoms with Gasteiger partial charge in [0.05, 0.1) is 65.7 Å². The van der Waals surface area contributed by atoms with Crippen LogP contribution in [0.25, 0.3) is 33.8 Å². The Kier molecular flexibility index (Phi) is 4.88. The van der Waals surface area contributed by atoms with E-state index in [0.29, 0.717) is 13.2 Å². The van der Waals surface area contributed by atoms with E-state index in [9.17, 15) is 0 Å². The van der Waals surface area contributed by atoms with Crippen molar-refractivity contribution in [3.63, 3.8) is 0 Å². The highest BCUT2D eigenvalue weighted by molar-refractivity contribution is 5.80. The highest BCUT2D eigenvalue weighted by Crippen LogP contribution is 2.34. The molecular weight excluding hydrogens is 430 g/mol. The molecule has 0 radical (unpaired) electrons. The first-order chi connectivity index (χ1) is 16.6. The number of hydrogen-bond acceptors (Lipinski definition) is 7. The molecule has 0 amide bonds. The van der Waals surface area contributed by atoms with E-state index in [2.05, 4.69) is 40.0 Å². The lowest BCUT2D eigenvalue weighted by molar-refractivity contribution is 0.0985. The fourth-order valence-electron chi connectivity index (χ4n) is 4.68. The third kappa shape index (κ3) is 3.26. The lowest BCUT2D eigenvalue weighted by atomic mass is 10.1. The van der Waals surface area contributed by atoms with Crippen LogP contribution < -0.4 is 4.90 Å². The second kappa shape index (κ2) is 8.07. The molecule has 1 aliphatic heterocycles. The predicted octanol–water partition coefficient (Wildman–Crippen LogP) is 3.21. The molecule has 172 valence electrons. The minimum absolute atomic E-state index is 0.218. The zero-order valence-corrected chi connectivity index (χ0v) is 19.3. The number of pyridine rings is 1. The zero-order valence-electron chi connectivity index (χ0n) is 19.3. The van der Waals surface area contributed by atoms with Gasteiger partial charge in [0.15, 0.2) is 5.65 Å². The number of fused-ring (bicyclic) bond motifs is 1. The molecule has 1 aliphatic rings. The van der Waals surface area contributed by atoms with Crippen molar-refractivity contribution in [3.05, 3.63) is 60.4 Å². The molecule has 1 unspecified atom stereocenters. The summed E-state index contributed by atoms with van der Waals surface area (Å²) in [6.07, 6.45) is 7.15. The Morgan fingerprint density at radius 1 is 1.15 bits per heavy atom. The number of rotatable bonds is 4. The number of aromatic nitrogens is 8. The maximum Gasteiger partial charge on any atom is 0.167 e. The van der Waals surface area contributed by atoms with Gasteiger partial charge in [-0.1, -0.05) is 0 Å². The summed E-state index contributed by atoms with van der Waals surface area (Å²) in [6.45, 7) is 8.39. The van der Waals surface area contributed by atoms with Crippen molar-refractivity contribution in [1.29, 1.82) is 0 Å². The van der Waals surface area contributed by atoms with Crippen molar-refractivity contribution in [3.8, 4) is 28.2 Å². The molecule has 0 aromatic carbocycles. The number of nitrogens with one attached hydrogen (secondary N) is 1. The van der Waals surface area contributed by atoms with E-state index in [1.807, 2.05) is 46.7 Å². The fourth-order valence-corrected chi connectivity index (χ4v) is 4.68. The number of ether oxygens (including phenoxy) is 1. The first-order valence-electron chi connectivity index (χ1n) is 11.3. The van der Waals surface area contributed by atoms with Gasteiger partial charge < -0.3 is 9.64 Å². The summed E-state index contributed by atoms with van der Waals surface area (Å²) >= 11 is 0. The Balaban J connectivity index is 1.60. The van der Waals surface area contributed by atoms with Gasteiger partial charge in [-0.3, -0.25) is 10.1 Å². The molecule has 1 N–H and O–H groups in total. The third-order valence-electron chi connectivity index (χ3n) is 6.35. The van der Waals surface area contributed by atoms with Crippen LogP contribution in [0.15, 0.2) is 49.1 Å². The van der Waals surface area contributed by atoms with Gasteiger partial charge in [-0.2, -0.15) is 15.3 Å². The highest BCUT2D eigenvalue weighted by Gasteiger charge is 2.25. The van der Waals surface area contributed by atoms with Crippen LogP contribution in [-0.4, -0.2) is 65.4 Å². The molecule has 10 nitrogen and oxygen atoms in total. The number of morpholine rings is 1. The van der Waals surface area contributed by atoms with E-state index in [0.717, 1.165) is 57.6 Å². The summed E-state index contributed by atoms with van der Waals surface area (Å²) in [5, 5.41) is 16.7. The van der Waals surface area contributed by atoms with Crippen LogP contribution in [0.3, 0.4) is 0 Å². The van der Waals surface area contributed by atoms with Gasteiger partial charge in [0.1, 0.15) is 5.82 Å². The van der Waals surface area contributed by atoms with Gasteiger partial charge in [-0.05, 0) is 39.0 Å². The summed E-state index contributed by atoms with van der Waals surface area (Å²) in [4.78, 5) is 11.6. The number of nitrogens with zero attached hydrogens (tertiary/aromatic N) is 8. The molecule has 34 heavy (non-hydrogen) atoms. The van der Waals surface area contributed by atoms with Gasteiger partial charge >= 0.3 is 0 Å². The third-order valence-corrected chi connectivity index (χ3v) is 6.35. The van der Waals surface area contributed by atoms with Gasteiger partial charge in [0.2, 0.25) is 0 Å². The number of anilines is 1. The van der Waals surface area contributed by atoms with Crippen LogP contribution in [0.1, 0.15) is 18.3 Å². The molecule has 6 rings (SSSR count). The SMILES string of the molecule is Cc1nn(-c2cccnc2)c(C)c1-c1cc(N2CCOCC2C)nc2c(-c3ccn[nH]3)cnn12. The molecule has 6 heterocycles. The second-order valence-electron chi connectivity index (χ2n) is 8.55. The molecule has 1 fully saturated rings. The van der Waals surface area contributed by atoms with Crippen molar-refractivity contribution in [2.45, 2.75) is 26.8 Å². The molecule has 0 aliphatic carbocycles. The van der Waals surface area contributed by atoms with Crippen LogP contribution in [-0.2, 0) is 4.74 Å². The number of H-pyrrole nitrogens is 1. The van der Waals surface area contributed by atoms with Crippen LogP contribution >= 0.6 is 0 Å². The Morgan fingerprint density at radius 2 is 2.06 bits per heavy atom. The summed E-state index contributed by atoms with van der Waals surface area (Å²) < 4.78 is 9.50. The largest absolute Gasteiger partial charge is 0.377 e. The maximum absolute atomic E-state index is 5.67. The fraction of sp³-hybridized carbons (Fsp3) is 0.292. The van der Waals surface area contributed by atoms with Crippen LogP contribution in [0.5, 0.6) is 0 Å². The number of aryl methyl sites for hydroxylation is 1. The predicted molar refractivity (Wildman–Crippen MR) is 128 cm³/mol. The summed E-state index contributed by atoms with van der Waals surface area (Å²) in [6, 6.07) is 8.18. The van der Waals surface area contributed by atoms with Crippen molar-refractivity contribution < 1.29 is 4.74 Å². The molecule has 0 bridgehead atoms. The molecular formula is C24H25N9O. The van der Waals surface area contributed by atoms with E-state index in [1.165, 1.54) is 0 Å². The quantitative estimate of drug-likeness (QED) is 0.444. The normalized spacial score (nSPS) is 16.4. The minimum atomic E-state index is 0.218. The zero-order chi connectivity index (χ0) is 23.2. The van der Waals surface area contributed by atoms with Gasteiger partial charge in [-0.25, -0.2) is 14.2 Å². The van der Waals surface area contributed by atoms with Crippen molar-refractivity contribution in [2.75, 3.05) is 24.7 Å². The van der Waals surface area contributed by atoms with Crippen LogP contribution in [0.4, 0.5) is 5.82 Å². The minimum Gasteiger partial charge on any atom is -0.377 e. The van der Waals surface area contributed by atoms with Crippen LogP contribution in [0, 0.1) is 13.8 Å². The standard InChI is InChI=1S/C24H25N9O/c1-15-14-34-10-9-31(15)22-11-21(33-24(28-22)19(13-27-33)20-6-8-26-29-20)23-16(2)30-32(17(23)3)18-5-4-7-25-12-18/h4-8,11-13,15H,9-10,14H2,1-3H3,(H,26,29). The second-order valence-corrected chi connectivity index (χ2v) is 8.55. The number of hydrogen-bond donors (Lipinski definition) is 1. The van der Waals surface area contributed by atoms with E-state index in [1.54, 1.807) is 12.4 Å². The Bertz CT molecular complexity index is 1450. The molecule has 5 aromatic heterocycles. The monoisotopic (exact) mass is 455 g/mol. The topological polar surface area (TPSA) is 102 Å². The van der Waals surface area contributed by atoms with E-state index >= 15 is 0 Å². The Morgan fingerprint density at radius 3 is 2.82 bits per heavy atom. The van der Waals surface area contributed by atoms with Crippen molar-refractivity contribution >= 4 is 11.5 Å². The first kappa shape index (κ1) is 20.5. The van der Waals surface area contributed by atoms with Gasteiger partial charge in [0.25, 0.3) is 0 Å². The first-order valence-corrected chi connectivity index (χ1v) is 11.3. The Hall–Kier alpha value is -4.05. The van der Waals surface area contributed by atoms with Crippen molar-refractivity contribution in [2.24, 2.45) is 0 Å². The Labute approximate surface area is 196 Å². The average molecular weight is 456 g/mol. The average Bonchev–Trinajstić information content (AvgIpc) is 3.58. The molecule has 1 atom stereocenters. The van der Waals surface area contributed by atoms with Crippen molar-refractivity contribution in [1.82, 2.24) is 39.6 Å². The van der Waals surface area contributed by atoms with Gasteiger partial charge in [-0.15, -0.1) is 0 Å². The molecule has 0 spiro atoms. The lowest BCUT2D eigenvalue weighted by Crippen LogP contribution is -2.44. The number of aromatic amines is 1. The van der Waals surface area contributed by atoms with Gasteiger partial charge in [0, 0.05) is 30.6 Å². The molecule has 10 heteroatoms. The lowest BCUT2D eigenvalue weighted by Gasteiger charge is -2.34. The van der Waals surface area contributed by atoms with E-state index < -0.39 is 0 Å². The van der Waals surface area contributed by atoms with E-state index in [4.69, 9.17) is 19.9 Å². The van der Waals surface area contributed by atoms with E-state index in [-0.39, 0.29) is 6.04 Å². The summed E-state index contributed by atoms with van der Waals surface area (Å²) in [7, 11) is 0. The smallest absolute Gasteiger partial charge is 0.167 e. The summed E-state index contributed by atoms with van der Waals surface area (Å²) in [5.41, 5.74) is 7.35.